The number of benzene rings is 2. The van der Waals surface area contributed by atoms with Crippen LogP contribution in [0, 0.1) is 6.92 Å². The summed E-state index contributed by atoms with van der Waals surface area (Å²) in [5.41, 5.74) is 9.61. The minimum atomic E-state index is 0.721. The van der Waals surface area contributed by atoms with Gasteiger partial charge < -0.3 is 11.1 Å². The smallest absolute Gasteiger partial charge is 0.0543 e. The number of aryl methyl sites for hydroxylation is 1. The molecule has 0 aliphatic heterocycles. The summed E-state index contributed by atoms with van der Waals surface area (Å²) in [6.45, 7) is 1.97. The number of anilines is 3. The first kappa shape index (κ1) is 14.2. The lowest BCUT2D eigenvalue weighted by atomic mass is 10.1. The van der Waals surface area contributed by atoms with E-state index < -0.39 is 0 Å². The molecule has 3 rings (SSSR count). The Kier molecular flexibility index (Phi) is 3.74. The van der Waals surface area contributed by atoms with Gasteiger partial charge >= 0.3 is 0 Å². The van der Waals surface area contributed by atoms with Crippen molar-refractivity contribution in [3.63, 3.8) is 0 Å². The molecule has 1 heterocycles. The highest BCUT2D eigenvalue weighted by molar-refractivity contribution is 9.10. The Morgan fingerprint density at radius 3 is 2.76 bits per heavy atom. The number of nitrogens with zero attached hydrogens (tertiary/aromatic N) is 1. The van der Waals surface area contributed by atoms with E-state index in [1.807, 2.05) is 37.3 Å². The van der Waals surface area contributed by atoms with Crippen LogP contribution in [0.5, 0.6) is 0 Å². The minimum absolute atomic E-state index is 0.721. The summed E-state index contributed by atoms with van der Waals surface area (Å²) in [5.74, 6) is 0. The van der Waals surface area contributed by atoms with Crippen LogP contribution in [0.2, 0.25) is 5.02 Å². The van der Waals surface area contributed by atoms with Crippen molar-refractivity contribution < 1.29 is 0 Å². The van der Waals surface area contributed by atoms with E-state index in [9.17, 15) is 0 Å². The number of hydrogen-bond donors (Lipinski definition) is 2. The van der Waals surface area contributed by atoms with Gasteiger partial charge in [0.15, 0.2) is 0 Å². The van der Waals surface area contributed by atoms with Gasteiger partial charge in [0.25, 0.3) is 0 Å². The maximum absolute atomic E-state index is 6.20. The monoisotopic (exact) mass is 361 g/mol. The van der Waals surface area contributed by atoms with E-state index >= 15 is 0 Å². The molecule has 106 valence electrons. The second-order valence-corrected chi connectivity index (χ2v) is 6.09. The zero-order chi connectivity index (χ0) is 15.0. The number of halogens is 2. The summed E-state index contributed by atoms with van der Waals surface area (Å²) in [6, 6.07) is 9.63. The summed E-state index contributed by atoms with van der Waals surface area (Å²) >= 11 is 9.76. The van der Waals surface area contributed by atoms with Crippen LogP contribution in [-0.2, 0) is 0 Å². The van der Waals surface area contributed by atoms with Crippen molar-refractivity contribution in [1.29, 1.82) is 0 Å². The molecule has 0 aliphatic carbocycles. The minimum Gasteiger partial charge on any atom is -0.398 e. The topological polar surface area (TPSA) is 50.9 Å². The Morgan fingerprint density at radius 1 is 1.14 bits per heavy atom. The molecule has 21 heavy (non-hydrogen) atoms. The molecule has 0 saturated heterocycles. The molecule has 0 aliphatic rings. The average Bonchev–Trinajstić information content (AvgIpc) is 2.48. The predicted octanol–water partition coefficient (Wildman–Crippen LogP) is 5.28. The second kappa shape index (κ2) is 5.54. The van der Waals surface area contributed by atoms with Crippen molar-refractivity contribution in [3.05, 3.63) is 57.8 Å². The van der Waals surface area contributed by atoms with Gasteiger partial charge in [0.1, 0.15) is 0 Å². The van der Waals surface area contributed by atoms with Crippen molar-refractivity contribution in [2.24, 2.45) is 0 Å². The normalized spacial score (nSPS) is 10.8. The first-order valence-electron chi connectivity index (χ1n) is 6.41. The van der Waals surface area contributed by atoms with Gasteiger partial charge in [-0.2, -0.15) is 0 Å². The number of nitrogen functional groups attached to an aromatic ring is 1. The van der Waals surface area contributed by atoms with E-state index in [1.165, 1.54) is 0 Å². The van der Waals surface area contributed by atoms with Crippen LogP contribution in [-0.4, -0.2) is 4.98 Å². The number of rotatable bonds is 2. The zero-order valence-electron chi connectivity index (χ0n) is 11.3. The molecule has 5 heteroatoms. The molecule has 1 aromatic heterocycles. The molecule has 2 aromatic carbocycles. The van der Waals surface area contributed by atoms with Crippen LogP contribution in [0.4, 0.5) is 17.1 Å². The molecule has 0 bridgehead atoms. The van der Waals surface area contributed by atoms with Crippen molar-refractivity contribution in [3.8, 4) is 0 Å². The van der Waals surface area contributed by atoms with Crippen LogP contribution < -0.4 is 11.1 Å². The summed E-state index contributed by atoms with van der Waals surface area (Å²) < 4.78 is 0.957. The Hall–Kier alpha value is -1.78. The van der Waals surface area contributed by atoms with Gasteiger partial charge in [-0.1, -0.05) is 11.6 Å². The lowest BCUT2D eigenvalue weighted by Gasteiger charge is -2.13. The lowest BCUT2D eigenvalue weighted by Crippen LogP contribution is -1.96. The van der Waals surface area contributed by atoms with E-state index in [1.54, 1.807) is 12.4 Å². The standard InChI is InChI=1S/C16H13BrClN3/c1-9-6-12(17)16(7-13(9)18)21-15-3-2-14(19)10-4-5-20-8-11(10)15/h2-8,21H,19H2,1H3. The molecular formula is C16H13BrClN3. The third-order valence-corrected chi connectivity index (χ3v) is 4.43. The fraction of sp³-hybridized carbons (Fsp3) is 0.0625. The van der Waals surface area contributed by atoms with Crippen LogP contribution >= 0.6 is 27.5 Å². The van der Waals surface area contributed by atoms with Crippen molar-refractivity contribution >= 4 is 55.4 Å². The van der Waals surface area contributed by atoms with Crippen molar-refractivity contribution in [1.82, 2.24) is 4.98 Å². The highest BCUT2D eigenvalue weighted by Gasteiger charge is 2.08. The Bertz CT molecular complexity index is 833. The number of fused-ring (bicyclic) bond motifs is 1. The van der Waals surface area contributed by atoms with Crippen molar-refractivity contribution in [2.75, 3.05) is 11.1 Å². The quantitative estimate of drug-likeness (QED) is 0.609. The molecule has 0 amide bonds. The molecule has 3 aromatic rings. The third kappa shape index (κ3) is 2.69. The SMILES string of the molecule is Cc1cc(Br)c(Nc2ccc(N)c3ccncc23)cc1Cl. The molecule has 0 saturated carbocycles. The largest absolute Gasteiger partial charge is 0.398 e. The van der Waals surface area contributed by atoms with Crippen LogP contribution in [0.15, 0.2) is 47.2 Å². The van der Waals surface area contributed by atoms with Gasteiger partial charge in [-0.05, 0) is 58.7 Å². The maximum atomic E-state index is 6.20. The van der Waals surface area contributed by atoms with Gasteiger partial charge in [-0.25, -0.2) is 0 Å². The second-order valence-electron chi connectivity index (χ2n) is 4.83. The van der Waals surface area contributed by atoms with Crippen LogP contribution in [0.3, 0.4) is 0 Å². The van der Waals surface area contributed by atoms with Gasteiger partial charge in [-0.3, -0.25) is 4.98 Å². The third-order valence-electron chi connectivity index (χ3n) is 3.37. The van der Waals surface area contributed by atoms with Gasteiger partial charge in [-0.15, -0.1) is 0 Å². The molecule has 3 nitrogen and oxygen atoms in total. The van der Waals surface area contributed by atoms with Gasteiger partial charge in [0.2, 0.25) is 0 Å². The van der Waals surface area contributed by atoms with E-state index in [4.69, 9.17) is 17.3 Å². The predicted molar refractivity (Wildman–Crippen MR) is 93.3 cm³/mol. The number of nitrogens with two attached hydrogens (primary N) is 1. The molecule has 0 spiro atoms. The van der Waals surface area contributed by atoms with E-state index in [-0.39, 0.29) is 0 Å². The lowest BCUT2D eigenvalue weighted by molar-refractivity contribution is 1.36. The van der Waals surface area contributed by atoms with Crippen molar-refractivity contribution in [2.45, 2.75) is 6.92 Å². The summed E-state index contributed by atoms with van der Waals surface area (Å²) in [4.78, 5) is 4.18. The van der Waals surface area contributed by atoms with Crippen LogP contribution in [0.25, 0.3) is 10.8 Å². The fourth-order valence-corrected chi connectivity index (χ4v) is 2.93. The van der Waals surface area contributed by atoms with E-state index in [0.717, 1.165) is 42.9 Å². The molecular weight excluding hydrogens is 350 g/mol. The summed E-state index contributed by atoms with van der Waals surface area (Å²) in [5, 5.41) is 6.05. The summed E-state index contributed by atoms with van der Waals surface area (Å²) in [7, 11) is 0. The first-order chi connectivity index (χ1) is 10.1. The Balaban J connectivity index is 2.11. The molecule has 0 radical (unpaired) electrons. The maximum Gasteiger partial charge on any atom is 0.0543 e. The number of hydrogen-bond acceptors (Lipinski definition) is 3. The number of aromatic nitrogens is 1. The van der Waals surface area contributed by atoms with E-state index in [2.05, 4.69) is 26.2 Å². The Labute approximate surface area is 136 Å². The molecule has 0 fully saturated rings. The fourth-order valence-electron chi connectivity index (χ4n) is 2.21. The molecule has 0 atom stereocenters. The highest BCUT2D eigenvalue weighted by atomic mass is 79.9. The molecule has 0 unspecified atom stereocenters. The van der Waals surface area contributed by atoms with Crippen LogP contribution in [0.1, 0.15) is 5.56 Å². The average molecular weight is 363 g/mol. The highest BCUT2D eigenvalue weighted by Crippen LogP contribution is 2.34. The zero-order valence-corrected chi connectivity index (χ0v) is 13.7. The number of pyridine rings is 1. The number of nitrogens with one attached hydrogen (secondary N) is 1. The van der Waals surface area contributed by atoms with Gasteiger partial charge in [0, 0.05) is 44.0 Å². The summed E-state index contributed by atoms with van der Waals surface area (Å²) in [6.07, 6.45) is 3.54. The van der Waals surface area contributed by atoms with Gasteiger partial charge in [0.05, 0.1) is 5.69 Å². The Morgan fingerprint density at radius 2 is 1.95 bits per heavy atom. The molecule has 3 N–H and O–H groups in total. The van der Waals surface area contributed by atoms with E-state index in [0.29, 0.717) is 0 Å². The first-order valence-corrected chi connectivity index (χ1v) is 7.58.